The Labute approximate surface area is 123 Å². The fraction of sp³-hybridized carbons (Fsp3) is 0.467. The van der Waals surface area contributed by atoms with Crippen LogP contribution >= 0.6 is 11.8 Å². The van der Waals surface area contributed by atoms with Gasteiger partial charge in [-0.1, -0.05) is 30.3 Å². The van der Waals surface area contributed by atoms with Gasteiger partial charge in [0.2, 0.25) is 0 Å². The number of rotatable bonds is 7. The predicted octanol–water partition coefficient (Wildman–Crippen LogP) is 2.61. The first-order valence-electron chi connectivity index (χ1n) is 6.33. The van der Waals surface area contributed by atoms with Crippen LogP contribution in [0.25, 0.3) is 0 Å². The summed E-state index contributed by atoms with van der Waals surface area (Å²) in [5, 5.41) is 8.72. The highest BCUT2D eigenvalue weighted by Gasteiger charge is 2.31. The Morgan fingerprint density at radius 3 is 2.40 bits per heavy atom. The molecule has 0 aliphatic heterocycles. The lowest BCUT2D eigenvalue weighted by Gasteiger charge is -2.23. The second kappa shape index (κ2) is 7.33. The van der Waals surface area contributed by atoms with Gasteiger partial charge in [-0.05, 0) is 25.8 Å². The Morgan fingerprint density at radius 2 is 1.90 bits per heavy atom. The van der Waals surface area contributed by atoms with Gasteiger partial charge in [0.1, 0.15) is 5.25 Å². The van der Waals surface area contributed by atoms with Gasteiger partial charge in [0, 0.05) is 5.75 Å². The molecule has 0 radical (unpaired) electrons. The lowest BCUT2D eigenvalue weighted by atomic mass is 9.97. The topological polar surface area (TPSA) is 63.6 Å². The van der Waals surface area contributed by atoms with Crippen LogP contribution in [-0.2, 0) is 20.7 Å². The Hall–Kier alpha value is -1.49. The standard InChI is InChI=1S/C15H20O4S/c1-15(2,14(18)19-3)10-20-12(13(16)17)9-11-7-5-4-6-8-11/h4-8,12H,9-10H2,1-3H3,(H,16,17). The minimum atomic E-state index is -0.862. The van der Waals surface area contributed by atoms with Crippen molar-refractivity contribution in [3.05, 3.63) is 35.9 Å². The molecule has 0 aliphatic carbocycles. The van der Waals surface area contributed by atoms with E-state index >= 15 is 0 Å². The van der Waals surface area contributed by atoms with Gasteiger partial charge in [-0.2, -0.15) is 0 Å². The average Bonchev–Trinajstić information content (AvgIpc) is 2.43. The van der Waals surface area contributed by atoms with Gasteiger partial charge in [-0.15, -0.1) is 11.8 Å². The molecule has 0 aromatic heterocycles. The minimum Gasteiger partial charge on any atom is -0.480 e. The number of hydrogen-bond acceptors (Lipinski definition) is 4. The molecule has 1 atom stereocenters. The Morgan fingerprint density at radius 1 is 1.30 bits per heavy atom. The van der Waals surface area contributed by atoms with Crippen LogP contribution in [0.1, 0.15) is 19.4 Å². The lowest BCUT2D eigenvalue weighted by molar-refractivity contribution is -0.149. The molecule has 1 aromatic rings. The zero-order chi connectivity index (χ0) is 15.2. The van der Waals surface area contributed by atoms with E-state index in [0.29, 0.717) is 12.2 Å². The van der Waals surface area contributed by atoms with Crippen LogP contribution in [0, 0.1) is 5.41 Å². The van der Waals surface area contributed by atoms with Crippen LogP contribution in [0.2, 0.25) is 0 Å². The molecule has 0 saturated carbocycles. The third kappa shape index (κ3) is 4.89. The van der Waals surface area contributed by atoms with E-state index in [4.69, 9.17) is 4.74 Å². The fourth-order valence-electron chi connectivity index (χ4n) is 1.69. The van der Waals surface area contributed by atoms with Crippen molar-refractivity contribution in [2.75, 3.05) is 12.9 Å². The number of carbonyl (C=O) groups excluding carboxylic acids is 1. The number of carbonyl (C=O) groups is 2. The largest absolute Gasteiger partial charge is 0.480 e. The third-order valence-electron chi connectivity index (χ3n) is 2.92. The van der Waals surface area contributed by atoms with Crippen molar-refractivity contribution in [1.82, 2.24) is 0 Å². The summed E-state index contributed by atoms with van der Waals surface area (Å²) in [5.41, 5.74) is 0.285. The van der Waals surface area contributed by atoms with E-state index < -0.39 is 16.6 Å². The lowest BCUT2D eigenvalue weighted by Crippen LogP contribution is -2.30. The summed E-state index contributed by atoms with van der Waals surface area (Å²) in [7, 11) is 1.34. The van der Waals surface area contributed by atoms with E-state index in [9.17, 15) is 14.7 Å². The van der Waals surface area contributed by atoms with Gasteiger partial charge in [-0.25, -0.2) is 0 Å². The molecule has 0 spiro atoms. The van der Waals surface area contributed by atoms with Crippen LogP contribution < -0.4 is 0 Å². The zero-order valence-electron chi connectivity index (χ0n) is 12.0. The minimum absolute atomic E-state index is 0.325. The van der Waals surface area contributed by atoms with E-state index in [1.165, 1.54) is 18.9 Å². The fourth-order valence-corrected chi connectivity index (χ4v) is 2.88. The second-order valence-corrected chi connectivity index (χ2v) is 6.39. The maximum absolute atomic E-state index is 11.6. The van der Waals surface area contributed by atoms with Crippen molar-refractivity contribution in [3.63, 3.8) is 0 Å². The summed E-state index contributed by atoms with van der Waals surface area (Å²) in [4.78, 5) is 22.9. The highest BCUT2D eigenvalue weighted by atomic mass is 32.2. The quantitative estimate of drug-likeness (QED) is 0.784. The number of ether oxygens (including phenoxy) is 1. The Bertz CT molecular complexity index is 456. The molecule has 4 nitrogen and oxygen atoms in total. The van der Waals surface area contributed by atoms with Gasteiger partial charge >= 0.3 is 11.9 Å². The van der Waals surface area contributed by atoms with E-state index in [0.717, 1.165) is 5.56 Å². The average molecular weight is 296 g/mol. The van der Waals surface area contributed by atoms with E-state index in [-0.39, 0.29) is 5.97 Å². The summed E-state index contributed by atoms with van der Waals surface area (Å²) in [6.07, 6.45) is 0.443. The molecule has 0 fully saturated rings. The van der Waals surface area contributed by atoms with Crippen molar-refractivity contribution < 1.29 is 19.4 Å². The molecule has 1 unspecified atom stereocenters. The van der Waals surface area contributed by atoms with Crippen molar-refractivity contribution in [2.24, 2.45) is 5.41 Å². The molecule has 1 aromatic carbocycles. The monoisotopic (exact) mass is 296 g/mol. The molecule has 20 heavy (non-hydrogen) atoms. The molecular weight excluding hydrogens is 276 g/mol. The van der Waals surface area contributed by atoms with Crippen molar-refractivity contribution in [1.29, 1.82) is 0 Å². The van der Waals surface area contributed by atoms with Crippen LogP contribution in [0.5, 0.6) is 0 Å². The molecule has 0 bridgehead atoms. The van der Waals surface area contributed by atoms with Crippen molar-refractivity contribution in [3.8, 4) is 0 Å². The number of methoxy groups -OCH3 is 1. The number of hydrogen-bond donors (Lipinski definition) is 1. The van der Waals surface area contributed by atoms with Crippen LogP contribution in [-0.4, -0.2) is 35.2 Å². The summed E-state index contributed by atoms with van der Waals surface area (Å²) in [5.74, 6) is -0.780. The first-order chi connectivity index (χ1) is 9.36. The summed E-state index contributed by atoms with van der Waals surface area (Å²) in [6.45, 7) is 3.51. The summed E-state index contributed by atoms with van der Waals surface area (Å²) >= 11 is 1.27. The summed E-state index contributed by atoms with van der Waals surface area (Å²) < 4.78 is 4.73. The van der Waals surface area contributed by atoms with E-state index in [1.54, 1.807) is 13.8 Å². The molecule has 5 heteroatoms. The molecule has 0 aliphatic rings. The molecule has 0 saturated heterocycles. The second-order valence-electron chi connectivity index (χ2n) is 5.20. The highest BCUT2D eigenvalue weighted by molar-refractivity contribution is 8.00. The maximum Gasteiger partial charge on any atom is 0.316 e. The normalized spacial score (nSPS) is 12.8. The molecule has 0 heterocycles. The zero-order valence-corrected chi connectivity index (χ0v) is 12.8. The number of carboxylic acid groups (broad SMARTS) is 1. The molecule has 1 rings (SSSR count). The molecule has 0 amide bonds. The van der Waals surface area contributed by atoms with Gasteiger partial charge in [-0.3, -0.25) is 9.59 Å². The highest BCUT2D eigenvalue weighted by Crippen LogP contribution is 2.27. The number of carboxylic acids is 1. The van der Waals surface area contributed by atoms with E-state index in [1.807, 2.05) is 30.3 Å². The van der Waals surface area contributed by atoms with Gasteiger partial charge < -0.3 is 9.84 Å². The third-order valence-corrected chi connectivity index (χ3v) is 4.58. The predicted molar refractivity (Wildman–Crippen MR) is 79.8 cm³/mol. The maximum atomic E-state index is 11.6. The molecular formula is C15H20O4S. The van der Waals surface area contributed by atoms with E-state index in [2.05, 4.69) is 0 Å². The van der Waals surface area contributed by atoms with Crippen molar-refractivity contribution >= 4 is 23.7 Å². The smallest absolute Gasteiger partial charge is 0.316 e. The number of esters is 1. The first-order valence-corrected chi connectivity index (χ1v) is 7.38. The first kappa shape index (κ1) is 16.6. The van der Waals surface area contributed by atoms with Gasteiger partial charge in [0.15, 0.2) is 0 Å². The molecule has 1 N–H and O–H groups in total. The Balaban J connectivity index is 2.65. The van der Waals surface area contributed by atoms with Crippen molar-refractivity contribution in [2.45, 2.75) is 25.5 Å². The van der Waals surface area contributed by atoms with Gasteiger partial charge in [0.25, 0.3) is 0 Å². The van der Waals surface area contributed by atoms with Gasteiger partial charge in [0.05, 0.1) is 12.5 Å². The Kier molecular flexibility index (Phi) is 6.07. The SMILES string of the molecule is COC(=O)C(C)(C)CSC(Cc1ccccc1)C(=O)O. The number of thioether (sulfide) groups is 1. The summed E-state index contributed by atoms with van der Waals surface area (Å²) in [6, 6.07) is 9.48. The van der Waals surface area contributed by atoms with Crippen LogP contribution in [0.4, 0.5) is 0 Å². The number of benzene rings is 1. The number of aliphatic carboxylic acids is 1. The van der Waals surface area contributed by atoms with Crippen LogP contribution in [0.3, 0.4) is 0 Å². The molecule has 110 valence electrons. The van der Waals surface area contributed by atoms with Crippen LogP contribution in [0.15, 0.2) is 30.3 Å².